The van der Waals surface area contributed by atoms with E-state index in [0.29, 0.717) is 53.2 Å². The summed E-state index contributed by atoms with van der Waals surface area (Å²) in [4.78, 5) is 13.0. The molecule has 0 aliphatic carbocycles. The number of halogens is 4. The van der Waals surface area contributed by atoms with Crippen molar-refractivity contribution in [3.8, 4) is 5.75 Å². The number of hydrogen-bond acceptors (Lipinski definition) is 4. The average molecular weight is 567 g/mol. The summed E-state index contributed by atoms with van der Waals surface area (Å²) < 4.78 is 61.8. The Morgan fingerprint density at radius 3 is 2.39 bits per heavy atom. The smallest absolute Gasteiger partial charge is 0.393 e. The zero-order valence-electron chi connectivity index (χ0n) is 22.6. The first-order chi connectivity index (χ1) is 19.6. The second kappa shape index (κ2) is 13.3. The molecule has 0 aliphatic rings. The number of allylic oxidation sites excluding steroid dienone is 1. The van der Waals surface area contributed by atoms with Gasteiger partial charge in [0.2, 0.25) is 11.9 Å². The lowest BCUT2D eigenvalue weighted by Crippen LogP contribution is -2.22. The van der Waals surface area contributed by atoms with Crippen molar-refractivity contribution in [3.63, 3.8) is 0 Å². The number of benzene rings is 3. The summed E-state index contributed by atoms with van der Waals surface area (Å²) in [5.41, 5.74) is 2.22. The predicted molar refractivity (Wildman–Crippen MR) is 152 cm³/mol. The van der Waals surface area contributed by atoms with Gasteiger partial charge in [0.15, 0.2) is 0 Å². The van der Waals surface area contributed by atoms with Crippen molar-refractivity contribution >= 4 is 28.0 Å². The number of likely N-dealkylation sites (N-methyl/N-ethyl adjacent to an activating group) is 1. The molecule has 1 amide bonds. The van der Waals surface area contributed by atoms with Gasteiger partial charge in [-0.15, -0.1) is 5.10 Å². The van der Waals surface area contributed by atoms with Crippen LogP contribution in [0.25, 0.3) is 22.0 Å². The molecule has 0 aliphatic heterocycles. The van der Waals surface area contributed by atoms with E-state index in [1.165, 1.54) is 17.0 Å². The van der Waals surface area contributed by atoms with Gasteiger partial charge in [-0.05, 0) is 52.1 Å². The molecule has 0 bridgehead atoms. The fraction of sp³-hybridized carbons (Fsp3) is 0.226. The maximum absolute atomic E-state index is 14.3. The molecule has 3 aromatic carbocycles. The van der Waals surface area contributed by atoms with Crippen LogP contribution in [-0.4, -0.2) is 61.0 Å². The van der Waals surface area contributed by atoms with Crippen LogP contribution in [0.4, 0.5) is 17.6 Å². The van der Waals surface area contributed by atoms with Crippen molar-refractivity contribution in [1.82, 2.24) is 20.4 Å². The number of carbonyl (C=O) groups is 1. The quantitative estimate of drug-likeness (QED) is 0.0978. The van der Waals surface area contributed by atoms with Crippen LogP contribution in [0, 0.1) is 5.95 Å². The number of H-pyrrole nitrogens is 1. The first-order valence-corrected chi connectivity index (χ1v) is 12.9. The molecule has 4 aromatic rings. The van der Waals surface area contributed by atoms with Crippen molar-refractivity contribution in [3.05, 3.63) is 108 Å². The molecular weight excluding hydrogens is 536 g/mol. The zero-order valence-corrected chi connectivity index (χ0v) is 22.6. The predicted octanol–water partition coefficient (Wildman–Crippen LogP) is 6.23. The van der Waals surface area contributed by atoms with E-state index in [0.717, 1.165) is 0 Å². The number of ether oxygens (including phenoxy) is 1. The molecule has 0 unspecified atom stereocenters. The highest BCUT2D eigenvalue weighted by atomic mass is 19.4. The molecule has 214 valence electrons. The molecule has 0 spiro atoms. The molecule has 2 N–H and O–H groups in total. The highest BCUT2D eigenvalue weighted by molar-refractivity contribution is 6.00. The number of aromatic nitrogens is 2. The maximum Gasteiger partial charge on any atom is 0.393 e. The van der Waals surface area contributed by atoms with Gasteiger partial charge in [-0.25, -0.2) is 0 Å². The van der Waals surface area contributed by atoms with E-state index in [9.17, 15) is 22.4 Å². The molecule has 10 heteroatoms. The molecule has 1 aromatic heterocycles. The topological polar surface area (TPSA) is 70.2 Å². The van der Waals surface area contributed by atoms with Crippen LogP contribution in [0.15, 0.2) is 84.9 Å². The van der Waals surface area contributed by atoms with E-state index in [-0.39, 0.29) is 16.9 Å². The molecule has 6 nitrogen and oxygen atoms in total. The fourth-order valence-electron chi connectivity index (χ4n) is 4.28. The third-order valence-electron chi connectivity index (χ3n) is 6.26. The van der Waals surface area contributed by atoms with Crippen LogP contribution in [0.5, 0.6) is 5.75 Å². The highest BCUT2D eigenvalue weighted by Crippen LogP contribution is 2.40. The summed E-state index contributed by atoms with van der Waals surface area (Å²) in [5, 5.41) is 9.49. The summed E-state index contributed by atoms with van der Waals surface area (Å²) in [7, 11) is 3.35. The van der Waals surface area contributed by atoms with Gasteiger partial charge in [0, 0.05) is 33.3 Å². The summed E-state index contributed by atoms with van der Waals surface area (Å²) in [6.07, 6.45) is -2.44. The molecule has 1 heterocycles. The van der Waals surface area contributed by atoms with Gasteiger partial charge in [0.1, 0.15) is 12.4 Å². The van der Waals surface area contributed by atoms with Gasteiger partial charge < -0.3 is 15.0 Å². The molecule has 41 heavy (non-hydrogen) atoms. The number of nitrogens with zero attached hydrogens (tertiary/aromatic N) is 2. The van der Waals surface area contributed by atoms with E-state index in [2.05, 4.69) is 15.5 Å². The Kier molecular flexibility index (Phi) is 9.57. The lowest BCUT2D eigenvalue weighted by Gasteiger charge is -2.19. The van der Waals surface area contributed by atoms with Crippen molar-refractivity contribution in [1.29, 1.82) is 0 Å². The number of nitrogens with one attached hydrogen (secondary N) is 2. The average Bonchev–Trinajstić information content (AvgIpc) is 3.32. The van der Waals surface area contributed by atoms with Gasteiger partial charge >= 0.3 is 6.18 Å². The van der Waals surface area contributed by atoms with Crippen molar-refractivity contribution < 1.29 is 27.1 Å². The molecule has 0 atom stereocenters. The summed E-state index contributed by atoms with van der Waals surface area (Å²) >= 11 is 0. The van der Waals surface area contributed by atoms with Crippen LogP contribution in [0.3, 0.4) is 0 Å². The van der Waals surface area contributed by atoms with Gasteiger partial charge in [0.05, 0.1) is 17.3 Å². The largest absolute Gasteiger partial charge is 0.492 e. The highest BCUT2D eigenvalue weighted by Gasteiger charge is 2.31. The number of rotatable bonds is 11. The third kappa shape index (κ3) is 8.04. The maximum atomic E-state index is 14.3. The van der Waals surface area contributed by atoms with Crippen LogP contribution >= 0.6 is 0 Å². The van der Waals surface area contributed by atoms with E-state index in [1.807, 2.05) is 0 Å². The van der Waals surface area contributed by atoms with Crippen LogP contribution < -0.4 is 10.1 Å². The number of hydrogen-bond donors (Lipinski definition) is 2. The number of alkyl halides is 3. The fourth-order valence-corrected chi connectivity index (χ4v) is 4.28. The molecule has 4 rings (SSSR count). The second-order valence-electron chi connectivity index (χ2n) is 9.50. The third-order valence-corrected chi connectivity index (χ3v) is 6.26. The van der Waals surface area contributed by atoms with Crippen molar-refractivity contribution in [2.24, 2.45) is 0 Å². The molecule has 0 saturated carbocycles. The molecule has 0 fully saturated rings. The van der Waals surface area contributed by atoms with Crippen LogP contribution in [0.2, 0.25) is 0 Å². The first-order valence-electron chi connectivity index (χ1n) is 12.9. The lowest BCUT2D eigenvalue weighted by atomic mass is 9.87. The van der Waals surface area contributed by atoms with E-state index in [4.69, 9.17) is 4.74 Å². The summed E-state index contributed by atoms with van der Waals surface area (Å²) in [6, 6.07) is 19.9. The number of fused-ring (bicyclic) bond motifs is 1. The summed E-state index contributed by atoms with van der Waals surface area (Å²) in [6.45, 7) is 1.36. The minimum atomic E-state index is -4.48. The normalized spacial score (nSPS) is 12.5. The van der Waals surface area contributed by atoms with Crippen molar-refractivity contribution in [2.45, 2.75) is 12.6 Å². The van der Waals surface area contributed by atoms with E-state index < -0.39 is 18.5 Å². The molecule has 0 radical (unpaired) electrons. The van der Waals surface area contributed by atoms with Gasteiger partial charge in [-0.2, -0.15) is 17.6 Å². The van der Waals surface area contributed by atoms with E-state index >= 15 is 0 Å². The summed E-state index contributed by atoms with van der Waals surface area (Å²) in [5.74, 6) is -0.283. The van der Waals surface area contributed by atoms with Gasteiger partial charge in [0.25, 0.3) is 0 Å². The Bertz CT molecular complexity index is 1530. The molecular formula is C31H30F4N4O2. The van der Waals surface area contributed by atoms with Crippen LogP contribution in [-0.2, 0) is 4.79 Å². The first kappa shape index (κ1) is 29.5. The Morgan fingerprint density at radius 2 is 1.71 bits per heavy atom. The Balaban J connectivity index is 1.61. The Morgan fingerprint density at radius 1 is 1.00 bits per heavy atom. The minimum Gasteiger partial charge on any atom is -0.492 e. The number of carbonyl (C=O) groups excluding carboxylic acids is 1. The minimum absolute atomic E-state index is 0.0695. The van der Waals surface area contributed by atoms with Crippen LogP contribution in [0.1, 0.15) is 23.1 Å². The zero-order chi connectivity index (χ0) is 29.4. The van der Waals surface area contributed by atoms with Gasteiger partial charge in [-0.3, -0.25) is 9.89 Å². The monoisotopic (exact) mass is 566 g/mol. The number of amides is 1. The van der Waals surface area contributed by atoms with E-state index in [1.54, 1.807) is 86.9 Å². The second-order valence-corrected chi connectivity index (χ2v) is 9.50. The number of aromatic amines is 1. The SMILES string of the molecule is CN(C)C(=O)C=CCNCCOc1ccc(C(=C(CC(F)(F)F)c2ccccc2)c2ccc3[nH]nc(F)c3c2)cc1. The van der Waals surface area contributed by atoms with Gasteiger partial charge in [-0.1, -0.05) is 54.6 Å². The molecule has 0 saturated heterocycles. The Hall–Kier alpha value is -4.44. The standard InChI is InChI=1S/C31H30F4N4O2/c1-39(2)28(40)9-6-16-36-17-18-41-24-13-10-22(11-14-24)29(23-12-15-27-25(19-23)30(32)38-37-27)26(20-31(33,34)35)21-7-4-3-5-8-21/h3-15,19,36H,16-18,20H2,1-2H3,(H,37,38). The lowest BCUT2D eigenvalue weighted by molar-refractivity contribution is -0.124. The van der Waals surface area contributed by atoms with Crippen molar-refractivity contribution in [2.75, 3.05) is 33.8 Å². The Labute approximate surface area is 235 Å².